The molecular formula is C14H17NO2. The van der Waals surface area contributed by atoms with Crippen LogP contribution in [0.1, 0.15) is 26.2 Å². The minimum atomic E-state index is 0.126. The molecule has 2 rings (SSSR count). The minimum Gasteiger partial charge on any atom is -0.506 e. The maximum atomic E-state index is 11.9. The van der Waals surface area contributed by atoms with Gasteiger partial charge < -0.3 is 10.4 Å². The summed E-state index contributed by atoms with van der Waals surface area (Å²) in [5.74, 6) is 0.543. The third-order valence-electron chi connectivity index (χ3n) is 3.15. The Morgan fingerprint density at radius 1 is 1.41 bits per heavy atom. The second kappa shape index (κ2) is 5.04. The van der Waals surface area contributed by atoms with E-state index in [2.05, 4.69) is 5.32 Å². The van der Waals surface area contributed by atoms with Crippen molar-refractivity contribution in [1.82, 2.24) is 0 Å². The summed E-state index contributed by atoms with van der Waals surface area (Å²) in [7, 11) is 0. The van der Waals surface area contributed by atoms with Crippen LogP contribution in [0, 0.1) is 5.92 Å². The number of phenols is 1. The summed E-state index contributed by atoms with van der Waals surface area (Å²) in [6.45, 7) is 1.97. The van der Waals surface area contributed by atoms with Crippen LogP contribution in [0.4, 0.5) is 5.69 Å². The number of anilines is 1. The largest absolute Gasteiger partial charge is 0.506 e. The molecule has 0 aliphatic heterocycles. The van der Waals surface area contributed by atoms with Gasteiger partial charge in [-0.3, -0.25) is 4.79 Å². The second-order valence-electron chi connectivity index (χ2n) is 4.49. The molecule has 1 aromatic rings. The predicted molar refractivity (Wildman–Crippen MR) is 67.8 cm³/mol. The van der Waals surface area contributed by atoms with Crippen molar-refractivity contribution in [3.8, 4) is 5.75 Å². The van der Waals surface area contributed by atoms with Crippen molar-refractivity contribution in [2.24, 2.45) is 5.92 Å². The van der Waals surface area contributed by atoms with Gasteiger partial charge in [-0.25, -0.2) is 0 Å². The van der Waals surface area contributed by atoms with Crippen molar-refractivity contribution < 1.29 is 9.90 Å². The van der Waals surface area contributed by atoms with Crippen molar-refractivity contribution in [3.05, 3.63) is 36.0 Å². The van der Waals surface area contributed by atoms with Crippen molar-refractivity contribution in [2.45, 2.75) is 26.2 Å². The molecule has 17 heavy (non-hydrogen) atoms. The highest BCUT2D eigenvalue weighted by Gasteiger charge is 2.22. The summed E-state index contributed by atoms with van der Waals surface area (Å²) < 4.78 is 0. The molecule has 0 aromatic heterocycles. The Bertz CT molecular complexity index is 451. The van der Waals surface area contributed by atoms with Gasteiger partial charge in [0.25, 0.3) is 0 Å². The van der Waals surface area contributed by atoms with Gasteiger partial charge in [0.15, 0.2) is 5.78 Å². The van der Waals surface area contributed by atoms with Gasteiger partial charge in [-0.1, -0.05) is 19.1 Å². The first-order valence-electron chi connectivity index (χ1n) is 5.96. The highest BCUT2D eigenvalue weighted by atomic mass is 16.3. The van der Waals surface area contributed by atoms with Gasteiger partial charge in [-0.2, -0.15) is 0 Å². The van der Waals surface area contributed by atoms with E-state index < -0.39 is 0 Å². The second-order valence-corrected chi connectivity index (χ2v) is 4.49. The van der Waals surface area contributed by atoms with E-state index in [0.717, 1.165) is 24.8 Å². The van der Waals surface area contributed by atoms with Crippen molar-refractivity contribution >= 4 is 11.5 Å². The molecule has 0 amide bonds. The zero-order valence-corrected chi connectivity index (χ0v) is 9.94. The first kappa shape index (κ1) is 11.7. The van der Waals surface area contributed by atoms with Gasteiger partial charge >= 0.3 is 0 Å². The van der Waals surface area contributed by atoms with Gasteiger partial charge in [0.1, 0.15) is 5.75 Å². The number of carbonyl (C=O) groups excluding carboxylic acids is 1. The number of Topliss-reactive ketones (excluding diaryl/α,β-unsaturated/α-hetero) is 1. The summed E-state index contributed by atoms with van der Waals surface area (Å²) >= 11 is 0. The van der Waals surface area contributed by atoms with E-state index in [1.165, 1.54) is 0 Å². The lowest BCUT2D eigenvalue weighted by Crippen LogP contribution is -2.19. The van der Waals surface area contributed by atoms with E-state index in [4.69, 9.17) is 0 Å². The smallest absolute Gasteiger partial charge is 0.163 e. The van der Waals surface area contributed by atoms with Crippen LogP contribution in [0.2, 0.25) is 0 Å². The van der Waals surface area contributed by atoms with Crippen LogP contribution in [0.5, 0.6) is 5.75 Å². The Morgan fingerprint density at radius 2 is 2.18 bits per heavy atom. The fraction of sp³-hybridized carbons (Fsp3) is 0.357. The van der Waals surface area contributed by atoms with Crippen LogP contribution in [0.3, 0.4) is 0 Å². The quantitative estimate of drug-likeness (QED) is 0.607. The SMILES string of the molecule is C[C@H]1CCCC(=CNc2ccccc2O)C1=O. The van der Waals surface area contributed by atoms with Gasteiger partial charge in [-0.05, 0) is 31.4 Å². The lowest BCUT2D eigenvalue weighted by atomic mass is 9.86. The Balaban J connectivity index is 2.10. The Labute approximate surface area is 101 Å². The van der Waals surface area contributed by atoms with Crippen molar-refractivity contribution in [2.75, 3.05) is 5.32 Å². The summed E-state index contributed by atoms with van der Waals surface area (Å²) in [6.07, 6.45) is 4.59. The number of aromatic hydroxyl groups is 1. The van der Waals surface area contributed by atoms with E-state index in [1.807, 2.05) is 13.0 Å². The molecule has 1 fully saturated rings. The summed E-state index contributed by atoms with van der Waals surface area (Å²) in [6, 6.07) is 7.00. The maximum absolute atomic E-state index is 11.9. The summed E-state index contributed by atoms with van der Waals surface area (Å²) in [5, 5.41) is 12.6. The number of benzene rings is 1. The molecular weight excluding hydrogens is 214 g/mol. The molecule has 90 valence electrons. The molecule has 0 saturated heterocycles. The molecule has 0 spiro atoms. The average molecular weight is 231 g/mol. The van der Waals surface area contributed by atoms with E-state index in [9.17, 15) is 9.90 Å². The van der Waals surface area contributed by atoms with Crippen LogP contribution < -0.4 is 5.32 Å². The molecule has 2 N–H and O–H groups in total. The number of para-hydroxylation sites is 2. The monoisotopic (exact) mass is 231 g/mol. The van der Waals surface area contributed by atoms with Gasteiger partial charge in [0.05, 0.1) is 5.69 Å². The van der Waals surface area contributed by atoms with E-state index in [0.29, 0.717) is 5.69 Å². The first-order chi connectivity index (χ1) is 8.18. The normalized spacial score (nSPS) is 22.8. The van der Waals surface area contributed by atoms with Gasteiger partial charge in [-0.15, -0.1) is 0 Å². The standard InChI is InChI=1S/C14H17NO2/c1-10-5-4-6-11(14(10)17)9-15-12-7-2-3-8-13(12)16/h2-3,7-10,15-16H,4-6H2,1H3/t10-/m0/s1. The Kier molecular flexibility index (Phi) is 3.47. The molecule has 0 bridgehead atoms. The molecule has 1 aliphatic carbocycles. The third kappa shape index (κ3) is 2.67. The van der Waals surface area contributed by atoms with Crippen molar-refractivity contribution in [3.63, 3.8) is 0 Å². The molecule has 3 nitrogen and oxygen atoms in total. The van der Waals surface area contributed by atoms with Crippen LogP contribution in [-0.4, -0.2) is 10.9 Å². The number of hydrogen-bond acceptors (Lipinski definition) is 3. The first-order valence-corrected chi connectivity index (χ1v) is 5.96. The number of nitrogens with one attached hydrogen (secondary N) is 1. The number of rotatable bonds is 2. The summed E-state index contributed by atoms with van der Waals surface area (Å²) in [4.78, 5) is 11.9. The molecule has 0 radical (unpaired) electrons. The van der Waals surface area contributed by atoms with Crippen LogP contribution in [0.15, 0.2) is 36.0 Å². The average Bonchev–Trinajstić information content (AvgIpc) is 2.33. The van der Waals surface area contributed by atoms with Crippen molar-refractivity contribution in [1.29, 1.82) is 0 Å². The zero-order valence-electron chi connectivity index (χ0n) is 9.94. The number of allylic oxidation sites excluding steroid dienone is 1. The number of ketones is 1. The maximum Gasteiger partial charge on any atom is 0.163 e. The molecule has 1 saturated carbocycles. The Hall–Kier alpha value is -1.77. The van der Waals surface area contributed by atoms with E-state index >= 15 is 0 Å². The number of carbonyl (C=O) groups is 1. The highest BCUT2D eigenvalue weighted by Crippen LogP contribution is 2.26. The minimum absolute atomic E-state index is 0.126. The molecule has 1 atom stereocenters. The van der Waals surface area contributed by atoms with E-state index in [1.54, 1.807) is 24.4 Å². The lowest BCUT2D eigenvalue weighted by molar-refractivity contribution is -0.119. The third-order valence-corrected chi connectivity index (χ3v) is 3.15. The van der Waals surface area contributed by atoms with Crippen LogP contribution in [-0.2, 0) is 4.79 Å². The zero-order chi connectivity index (χ0) is 12.3. The fourth-order valence-electron chi connectivity index (χ4n) is 2.07. The molecule has 1 aromatic carbocycles. The molecule has 0 unspecified atom stereocenters. The van der Waals surface area contributed by atoms with Crippen LogP contribution in [0.25, 0.3) is 0 Å². The van der Waals surface area contributed by atoms with E-state index in [-0.39, 0.29) is 17.5 Å². The Morgan fingerprint density at radius 3 is 2.94 bits per heavy atom. The van der Waals surface area contributed by atoms with Gasteiger partial charge in [0, 0.05) is 17.7 Å². The topological polar surface area (TPSA) is 49.3 Å². The van der Waals surface area contributed by atoms with Crippen LogP contribution >= 0.6 is 0 Å². The molecule has 3 heteroatoms. The summed E-state index contributed by atoms with van der Waals surface area (Å²) in [5.41, 5.74) is 1.46. The number of hydrogen-bond donors (Lipinski definition) is 2. The fourth-order valence-corrected chi connectivity index (χ4v) is 2.07. The molecule has 1 aliphatic rings. The number of phenolic OH excluding ortho intramolecular Hbond substituents is 1. The predicted octanol–water partition coefficient (Wildman–Crippen LogP) is 3.08. The lowest BCUT2D eigenvalue weighted by Gasteiger charge is -2.19. The highest BCUT2D eigenvalue weighted by molar-refractivity contribution is 5.97. The van der Waals surface area contributed by atoms with Gasteiger partial charge in [0.2, 0.25) is 0 Å². The molecule has 0 heterocycles.